The number of nitrogens with zero attached hydrogens (tertiary/aromatic N) is 3. The second-order valence-electron chi connectivity index (χ2n) is 6.02. The summed E-state index contributed by atoms with van der Waals surface area (Å²) in [6, 6.07) is 10.6. The molecule has 0 N–H and O–H groups in total. The van der Waals surface area contributed by atoms with Crippen molar-refractivity contribution in [2.75, 3.05) is 26.3 Å². The van der Waals surface area contributed by atoms with Gasteiger partial charge >= 0.3 is 0 Å². The fourth-order valence-electron chi connectivity index (χ4n) is 3.03. The van der Waals surface area contributed by atoms with E-state index in [1.54, 1.807) is 0 Å². The average molecular weight is 310 g/mol. The van der Waals surface area contributed by atoms with Crippen molar-refractivity contribution >= 4 is 5.71 Å². The Labute approximate surface area is 137 Å². The molecule has 1 saturated heterocycles. The number of hydrogen-bond acceptors (Lipinski definition) is 3. The molecule has 0 atom stereocenters. The van der Waals surface area contributed by atoms with Crippen LogP contribution in [0.25, 0.3) is 0 Å². The zero-order valence-corrected chi connectivity index (χ0v) is 14.2. The maximum Gasteiger partial charge on any atom is 0.189 e. The van der Waals surface area contributed by atoms with Crippen LogP contribution in [0.3, 0.4) is 0 Å². The van der Waals surface area contributed by atoms with E-state index in [9.17, 15) is 0 Å². The van der Waals surface area contributed by atoms with Gasteiger partial charge in [0, 0.05) is 11.3 Å². The highest BCUT2D eigenvalue weighted by Gasteiger charge is 2.22. The number of aromatic nitrogens is 2. The molecule has 0 amide bonds. The fourth-order valence-corrected chi connectivity index (χ4v) is 3.03. The lowest BCUT2D eigenvalue weighted by atomic mass is 10.0. The molecule has 1 aromatic heterocycles. The van der Waals surface area contributed by atoms with Crippen molar-refractivity contribution < 1.29 is 9.31 Å². The van der Waals surface area contributed by atoms with E-state index in [0.29, 0.717) is 0 Å². The Kier molecular flexibility index (Phi) is 4.82. The molecule has 0 saturated carbocycles. The van der Waals surface area contributed by atoms with Gasteiger partial charge < -0.3 is 4.74 Å². The van der Waals surface area contributed by atoms with Gasteiger partial charge in [-0.05, 0) is 38.5 Å². The third-order valence-electron chi connectivity index (χ3n) is 4.44. The Morgan fingerprint density at radius 3 is 2.43 bits per heavy atom. The second kappa shape index (κ2) is 7.01. The van der Waals surface area contributed by atoms with Gasteiger partial charge in [-0.25, -0.2) is 14.5 Å². The number of rotatable bonds is 3. The summed E-state index contributed by atoms with van der Waals surface area (Å²) in [4.78, 5) is 9.18. The van der Waals surface area contributed by atoms with E-state index in [2.05, 4.69) is 53.7 Å². The van der Waals surface area contributed by atoms with Crippen molar-refractivity contribution in [3.63, 3.8) is 0 Å². The van der Waals surface area contributed by atoms with Crippen LogP contribution in [0.2, 0.25) is 0 Å². The summed E-state index contributed by atoms with van der Waals surface area (Å²) in [5.74, 6) is 0.845. The smallest absolute Gasteiger partial charge is 0.189 e. The molecule has 1 aliphatic rings. The van der Waals surface area contributed by atoms with E-state index < -0.39 is 0 Å². The van der Waals surface area contributed by atoms with Gasteiger partial charge in [0.1, 0.15) is 19.0 Å². The lowest BCUT2D eigenvalue weighted by Gasteiger charge is -2.16. The maximum absolute atomic E-state index is 5.52. The minimum Gasteiger partial charge on any atom is -0.368 e. The fraction of sp³-hybridized carbons (Fsp3) is 0.421. The molecule has 2 aromatic rings. The lowest BCUT2D eigenvalue weighted by Crippen LogP contribution is -2.35. The van der Waals surface area contributed by atoms with Crippen LogP contribution in [0.1, 0.15) is 28.3 Å². The summed E-state index contributed by atoms with van der Waals surface area (Å²) in [6.07, 6.45) is 0.833. The largest absolute Gasteiger partial charge is 0.368 e. The molecule has 3 rings (SSSR count). The minimum absolute atomic E-state index is 0.789. The summed E-state index contributed by atoms with van der Waals surface area (Å²) in [5, 5.41) is 0. The van der Waals surface area contributed by atoms with Crippen molar-refractivity contribution in [1.82, 2.24) is 9.97 Å². The molecular weight excluding hydrogens is 286 g/mol. The highest BCUT2D eigenvalue weighted by atomic mass is 16.5. The van der Waals surface area contributed by atoms with E-state index >= 15 is 0 Å². The monoisotopic (exact) mass is 310 g/mol. The first-order valence-corrected chi connectivity index (χ1v) is 8.20. The maximum atomic E-state index is 5.52. The normalized spacial score (nSPS) is 14.8. The SMILES string of the molecule is Cc1nc(C)c(C)c(CC(c2ccccc2)=[N+]2CCOCC2)n1. The molecule has 0 unspecified atom stereocenters. The van der Waals surface area contributed by atoms with Gasteiger partial charge in [-0.2, -0.15) is 0 Å². The van der Waals surface area contributed by atoms with E-state index in [0.717, 1.165) is 49.9 Å². The lowest BCUT2D eigenvalue weighted by molar-refractivity contribution is -0.549. The molecule has 0 aliphatic carbocycles. The van der Waals surface area contributed by atoms with Crippen molar-refractivity contribution in [2.24, 2.45) is 0 Å². The average Bonchev–Trinajstić information content (AvgIpc) is 2.58. The highest BCUT2D eigenvalue weighted by Crippen LogP contribution is 2.14. The number of hydrogen-bond donors (Lipinski definition) is 0. The summed E-state index contributed by atoms with van der Waals surface area (Å²) in [7, 11) is 0. The number of aryl methyl sites for hydroxylation is 2. The molecular formula is C19H24N3O+. The van der Waals surface area contributed by atoms with Crippen LogP contribution in [0.15, 0.2) is 30.3 Å². The highest BCUT2D eigenvalue weighted by molar-refractivity contribution is 5.98. The third kappa shape index (κ3) is 3.64. The van der Waals surface area contributed by atoms with Crippen LogP contribution in [0, 0.1) is 20.8 Å². The van der Waals surface area contributed by atoms with Gasteiger partial charge in [-0.1, -0.05) is 18.2 Å². The van der Waals surface area contributed by atoms with Crippen molar-refractivity contribution in [2.45, 2.75) is 27.2 Å². The summed E-state index contributed by atoms with van der Waals surface area (Å²) in [6.45, 7) is 9.59. The van der Waals surface area contributed by atoms with Gasteiger partial charge in [0.15, 0.2) is 18.8 Å². The molecule has 1 aromatic carbocycles. The zero-order valence-electron chi connectivity index (χ0n) is 14.2. The molecule has 2 heterocycles. The molecule has 4 nitrogen and oxygen atoms in total. The molecule has 23 heavy (non-hydrogen) atoms. The Morgan fingerprint density at radius 2 is 1.74 bits per heavy atom. The topological polar surface area (TPSA) is 38.0 Å². The molecule has 120 valence electrons. The van der Waals surface area contributed by atoms with Crippen LogP contribution in [0.5, 0.6) is 0 Å². The predicted octanol–water partition coefficient (Wildman–Crippen LogP) is 2.48. The molecule has 0 bridgehead atoms. The van der Waals surface area contributed by atoms with E-state index in [4.69, 9.17) is 9.72 Å². The van der Waals surface area contributed by atoms with E-state index in [-0.39, 0.29) is 0 Å². The Hall–Kier alpha value is -2.07. The standard InChI is InChI=1S/C19H24N3O/c1-14-15(2)20-16(3)21-18(14)13-19(17-7-5-4-6-8-17)22-9-11-23-12-10-22/h4-8H,9-13H2,1-3H3/q+1. The van der Waals surface area contributed by atoms with Crippen LogP contribution >= 0.6 is 0 Å². The van der Waals surface area contributed by atoms with E-state index in [1.807, 2.05) is 6.92 Å². The first-order valence-electron chi connectivity index (χ1n) is 8.20. The Morgan fingerprint density at radius 1 is 1.04 bits per heavy atom. The van der Waals surface area contributed by atoms with Crippen LogP contribution in [-0.2, 0) is 11.2 Å². The van der Waals surface area contributed by atoms with Gasteiger partial charge in [-0.15, -0.1) is 0 Å². The van der Waals surface area contributed by atoms with Gasteiger partial charge in [0.2, 0.25) is 0 Å². The molecule has 1 aliphatic heterocycles. The number of benzene rings is 1. The summed E-state index contributed by atoms with van der Waals surface area (Å²) < 4.78 is 7.95. The third-order valence-corrected chi connectivity index (χ3v) is 4.44. The van der Waals surface area contributed by atoms with E-state index in [1.165, 1.54) is 16.8 Å². The van der Waals surface area contributed by atoms with Gasteiger partial charge in [0.25, 0.3) is 0 Å². The quantitative estimate of drug-likeness (QED) is 0.818. The number of ether oxygens (including phenoxy) is 1. The van der Waals surface area contributed by atoms with Gasteiger partial charge in [0.05, 0.1) is 12.1 Å². The van der Waals surface area contributed by atoms with Crippen molar-refractivity contribution in [3.8, 4) is 0 Å². The predicted molar refractivity (Wildman–Crippen MR) is 91.3 cm³/mol. The Balaban J connectivity index is 2.03. The molecule has 4 heteroatoms. The van der Waals surface area contributed by atoms with Crippen molar-refractivity contribution in [1.29, 1.82) is 0 Å². The zero-order chi connectivity index (χ0) is 16.2. The molecule has 0 radical (unpaired) electrons. The Bertz CT molecular complexity index is 715. The first-order chi connectivity index (χ1) is 11.1. The first kappa shape index (κ1) is 15.8. The summed E-state index contributed by atoms with van der Waals surface area (Å²) in [5.41, 5.74) is 5.98. The van der Waals surface area contributed by atoms with Gasteiger partial charge in [-0.3, -0.25) is 0 Å². The molecule has 1 fully saturated rings. The summed E-state index contributed by atoms with van der Waals surface area (Å²) >= 11 is 0. The minimum atomic E-state index is 0.789. The second-order valence-corrected chi connectivity index (χ2v) is 6.02. The van der Waals surface area contributed by atoms with Crippen LogP contribution < -0.4 is 0 Å². The van der Waals surface area contributed by atoms with Crippen LogP contribution in [-0.4, -0.2) is 46.6 Å². The van der Waals surface area contributed by atoms with Crippen LogP contribution in [0.4, 0.5) is 0 Å². The van der Waals surface area contributed by atoms with Crippen molar-refractivity contribution in [3.05, 3.63) is 58.7 Å². The molecule has 0 spiro atoms. The number of morpholine rings is 1.